The first-order chi connectivity index (χ1) is 10.3. The second kappa shape index (κ2) is 5.65. The molecule has 0 saturated carbocycles. The minimum absolute atomic E-state index is 0.0676. The largest absolute Gasteiger partial charge is 0.366 e. The molecule has 0 aromatic rings. The van der Waals surface area contributed by atoms with Crippen LogP contribution >= 0.6 is 0 Å². The minimum atomic E-state index is 0.0676. The molecule has 22 heavy (non-hydrogen) atoms. The minimum Gasteiger partial charge on any atom is -0.366 e. The first-order valence-electron chi connectivity index (χ1n) is 8.70. The molecule has 0 aromatic carbocycles. The molecule has 2 heterocycles. The molecule has 1 aliphatic carbocycles. The van der Waals surface area contributed by atoms with Crippen LogP contribution in [-0.2, 0) is 9.47 Å². The van der Waals surface area contributed by atoms with Gasteiger partial charge in [0.25, 0.3) is 0 Å². The van der Waals surface area contributed by atoms with Gasteiger partial charge in [0.15, 0.2) is 0 Å². The lowest BCUT2D eigenvalue weighted by Crippen LogP contribution is -2.15. The Hall–Kier alpha value is -0.860. The Balaban J connectivity index is 1.75. The van der Waals surface area contributed by atoms with Crippen molar-refractivity contribution < 1.29 is 9.47 Å². The molecule has 0 N–H and O–H groups in total. The smallest absolute Gasteiger partial charge is 0.0923 e. The van der Waals surface area contributed by atoms with Gasteiger partial charge in [-0.2, -0.15) is 0 Å². The summed E-state index contributed by atoms with van der Waals surface area (Å²) in [6, 6.07) is 0. The van der Waals surface area contributed by atoms with E-state index in [-0.39, 0.29) is 11.2 Å². The number of epoxide rings is 2. The van der Waals surface area contributed by atoms with Crippen LogP contribution in [0.4, 0.5) is 0 Å². The van der Waals surface area contributed by atoms with Crippen LogP contribution in [0.2, 0.25) is 0 Å². The molecule has 2 aliphatic heterocycles. The van der Waals surface area contributed by atoms with E-state index in [1.54, 1.807) is 0 Å². The monoisotopic (exact) mass is 302 g/mol. The zero-order chi connectivity index (χ0) is 16.0. The van der Waals surface area contributed by atoms with E-state index in [1.165, 1.54) is 16.7 Å². The first-order valence-corrected chi connectivity index (χ1v) is 8.70. The number of ether oxygens (including phenoxy) is 2. The van der Waals surface area contributed by atoms with E-state index in [1.807, 2.05) is 0 Å². The van der Waals surface area contributed by atoms with Crippen LogP contribution in [0.15, 0.2) is 35.5 Å². The van der Waals surface area contributed by atoms with Gasteiger partial charge in [-0.1, -0.05) is 29.9 Å². The summed E-state index contributed by atoms with van der Waals surface area (Å²) < 4.78 is 12.0. The van der Waals surface area contributed by atoms with Crippen molar-refractivity contribution in [3.05, 3.63) is 35.5 Å². The molecule has 0 unspecified atom stereocenters. The van der Waals surface area contributed by atoms with E-state index in [9.17, 15) is 0 Å². The maximum absolute atomic E-state index is 6.01. The first kappa shape index (κ1) is 16.0. The molecule has 4 atom stereocenters. The summed E-state index contributed by atoms with van der Waals surface area (Å²) in [6.45, 7) is 13.0. The van der Waals surface area contributed by atoms with Gasteiger partial charge in [0, 0.05) is 0 Å². The molecule has 2 saturated heterocycles. The van der Waals surface area contributed by atoms with Crippen molar-refractivity contribution >= 4 is 0 Å². The van der Waals surface area contributed by atoms with E-state index in [0.717, 1.165) is 38.5 Å². The quantitative estimate of drug-likeness (QED) is 0.629. The van der Waals surface area contributed by atoms with Gasteiger partial charge in [0.1, 0.15) is 0 Å². The predicted molar refractivity (Wildman–Crippen MR) is 90.9 cm³/mol. The zero-order valence-electron chi connectivity index (χ0n) is 14.6. The Morgan fingerprint density at radius 1 is 1.05 bits per heavy atom. The molecule has 2 heteroatoms. The molecule has 0 amide bonds. The molecule has 3 aliphatic rings. The van der Waals surface area contributed by atoms with Crippen LogP contribution in [0.5, 0.6) is 0 Å². The Morgan fingerprint density at radius 2 is 1.68 bits per heavy atom. The van der Waals surface area contributed by atoms with Gasteiger partial charge in [0.2, 0.25) is 0 Å². The molecule has 0 aromatic heterocycles. The van der Waals surface area contributed by atoms with Gasteiger partial charge >= 0.3 is 0 Å². The highest BCUT2D eigenvalue weighted by Gasteiger charge is 2.56. The van der Waals surface area contributed by atoms with Crippen molar-refractivity contribution in [2.75, 3.05) is 0 Å². The summed E-state index contributed by atoms with van der Waals surface area (Å²) in [7, 11) is 0. The number of rotatable bonds is 1. The predicted octanol–water partition coefficient (Wildman–Crippen LogP) is 5.10. The van der Waals surface area contributed by atoms with Gasteiger partial charge in [-0.05, 0) is 71.8 Å². The standard InChI is InChI=1S/C20H30O2/c1-14(2)16-8-6-15(3)7-9-17-20(5,21-17)13-11-18-19(4,22-18)12-10-16/h6,8,17-18H,1,7,9-13H2,2-5H3/b15-6+,16-8+/t17-,18+,19+,20-/m1/s1. The SMILES string of the molecule is C=C(C)/C1=C/C=C(\C)CC[C@H]2O[C@]2(C)CC[C@@H]2O[C@@]2(C)CC1. The van der Waals surface area contributed by atoms with E-state index in [2.05, 4.69) is 46.4 Å². The number of hydrogen-bond acceptors (Lipinski definition) is 2. The molecule has 3 rings (SSSR count). The van der Waals surface area contributed by atoms with Crippen molar-refractivity contribution in [1.29, 1.82) is 0 Å². The number of hydrogen-bond donors (Lipinski definition) is 0. The van der Waals surface area contributed by atoms with Crippen molar-refractivity contribution in [3.63, 3.8) is 0 Å². The fourth-order valence-electron chi connectivity index (χ4n) is 3.67. The lowest BCUT2D eigenvalue weighted by atomic mass is 9.90. The van der Waals surface area contributed by atoms with Gasteiger partial charge in [-0.3, -0.25) is 0 Å². The highest BCUT2D eigenvalue weighted by Crippen LogP contribution is 2.49. The lowest BCUT2D eigenvalue weighted by molar-refractivity contribution is 0.270. The summed E-state index contributed by atoms with van der Waals surface area (Å²) in [6.07, 6.45) is 12.0. The Labute approximate surface area is 135 Å². The van der Waals surface area contributed by atoms with Crippen molar-refractivity contribution in [2.24, 2.45) is 0 Å². The number of fused-ring (bicyclic) bond motifs is 2. The summed E-state index contributed by atoms with van der Waals surface area (Å²) in [4.78, 5) is 0. The average molecular weight is 302 g/mol. The fraction of sp³-hybridized carbons (Fsp3) is 0.700. The molecular weight excluding hydrogens is 272 g/mol. The van der Waals surface area contributed by atoms with Crippen molar-refractivity contribution in [1.82, 2.24) is 0 Å². The van der Waals surface area contributed by atoms with Gasteiger partial charge in [-0.25, -0.2) is 0 Å². The Bertz CT molecular complexity index is 530. The third kappa shape index (κ3) is 3.38. The van der Waals surface area contributed by atoms with Crippen molar-refractivity contribution in [3.8, 4) is 0 Å². The van der Waals surface area contributed by atoms with Crippen molar-refractivity contribution in [2.45, 2.75) is 89.6 Å². The lowest BCUT2D eigenvalue weighted by Gasteiger charge is -2.12. The molecular formula is C20H30O2. The van der Waals surface area contributed by atoms with Gasteiger partial charge in [0.05, 0.1) is 23.4 Å². The van der Waals surface area contributed by atoms with Crippen LogP contribution in [0.1, 0.15) is 66.2 Å². The van der Waals surface area contributed by atoms with Crippen LogP contribution in [-0.4, -0.2) is 23.4 Å². The topological polar surface area (TPSA) is 25.1 Å². The van der Waals surface area contributed by atoms with E-state index < -0.39 is 0 Å². The number of allylic oxidation sites excluding steroid dienone is 5. The fourth-order valence-corrected chi connectivity index (χ4v) is 3.67. The second-order valence-corrected chi connectivity index (χ2v) is 7.90. The normalized spacial score (nSPS) is 46.9. The van der Waals surface area contributed by atoms with Crippen LogP contribution in [0, 0.1) is 0 Å². The third-order valence-electron chi connectivity index (χ3n) is 5.78. The molecule has 0 spiro atoms. The van der Waals surface area contributed by atoms with Crippen LogP contribution in [0.3, 0.4) is 0 Å². The van der Waals surface area contributed by atoms with Crippen LogP contribution in [0.25, 0.3) is 0 Å². The average Bonchev–Trinajstić information content (AvgIpc) is 3.30. The Morgan fingerprint density at radius 3 is 2.36 bits per heavy atom. The zero-order valence-corrected chi connectivity index (χ0v) is 14.6. The van der Waals surface area contributed by atoms with E-state index in [0.29, 0.717) is 12.2 Å². The third-order valence-corrected chi connectivity index (χ3v) is 5.78. The summed E-state index contributed by atoms with van der Waals surface area (Å²) >= 11 is 0. The van der Waals surface area contributed by atoms with E-state index in [4.69, 9.17) is 9.47 Å². The molecule has 2 fully saturated rings. The highest BCUT2D eigenvalue weighted by atomic mass is 16.6. The summed E-state index contributed by atoms with van der Waals surface area (Å²) in [5.74, 6) is 0. The summed E-state index contributed by atoms with van der Waals surface area (Å²) in [5, 5.41) is 0. The molecule has 0 radical (unpaired) electrons. The van der Waals surface area contributed by atoms with E-state index >= 15 is 0 Å². The van der Waals surface area contributed by atoms with Gasteiger partial charge in [-0.15, -0.1) is 0 Å². The molecule has 0 bridgehead atoms. The maximum Gasteiger partial charge on any atom is 0.0923 e. The van der Waals surface area contributed by atoms with Gasteiger partial charge < -0.3 is 9.47 Å². The maximum atomic E-state index is 6.01. The molecule has 122 valence electrons. The molecule has 2 nitrogen and oxygen atoms in total. The Kier molecular flexibility index (Phi) is 4.11. The highest BCUT2D eigenvalue weighted by molar-refractivity contribution is 5.31. The van der Waals surface area contributed by atoms with Crippen LogP contribution < -0.4 is 0 Å². The summed E-state index contributed by atoms with van der Waals surface area (Å²) in [5.41, 5.74) is 4.14. The second-order valence-electron chi connectivity index (χ2n) is 7.90.